The smallest absolute Gasteiger partial charge is 0.193 e. The fourth-order valence-electron chi connectivity index (χ4n) is 3.62. The molecule has 1 aromatic carbocycles. The predicted octanol–water partition coefficient (Wildman–Crippen LogP) is 3.32. The largest absolute Gasteiger partial charge is 0.381 e. The van der Waals surface area contributed by atoms with Crippen LogP contribution in [0.2, 0.25) is 5.02 Å². The fraction of sp³-hybridized carbons (Fsp3) is 0.667. The number of guanidine groups is 1. The third-order valence-electron chi connectivity index (χ3n) is 5.67. The van der Waals surface area contributed by atoms with Crippen molar-refractivity contribution in [3.05, 3.63) is 34.9 Å². The van der Waals surface area contributed by atoms with Gasteiger partial charge in [-0.15, -0.1) is 0 Å². The molecule has 1 saturated heterocycles. The SMILES string of the molecule is CN=C(NCC1(c2cccc(Cl)c2)CCOCC1)N(C)CCOCC1CC1. The molecule has 1 heterocycles. The van der Waals surface area contributed by atoms with E-state index in [2.05, 4.69) is 34.4 Å². The fourth-order valence-corrected chi connectivity index (χ4v) is 3.81. The van der Waals surface area contributed by atoms with Gasteiger partial charge in [0.2, 0.25) is 0 Å². The van der Waals surface area contributed by atoms with E-state index in [0.29, 0.717) is 0 Å². The molecule has 0 bridgehead atoms. The van der Waals surface area contributed by atoms with Crippen LogP contribution < -0.4 is 5.32 Å². The van der Waals surface area contributed by atoms with Gasteiger partial charge in [0.05, 0.1) is 6.61 Å². The Balaban J connectivity index is 1.57. The Kier molecular flexibility index (Phi) is 7.39. The van der Waals surface area contributed by atoms with Crippen LogP contribution in [0.5, 0.6) is 0 Å². The van der Waals surface area contributed by atoms with Crippen molar-refractivity contribution in [2.75, 3.05) is 53.6 Å². The van der Waals surface area contributed by atoms with Crippen molar-refractivity contribution in [1.29, 1.82) is 0 Å². The molecule has 150 valence electrons. The minimum Gasteiger partial charge on any atom is -0.381 e. The molecule has 1 aliphatic heterocycles. The standard InChI is InChI=1S/C21H32ClN3O2/c1-23-20(25(2)10-13-27-15-17-6-7-17)24-16-21(8-11-26-12-9-21)18-4-3-5-19(22)14-18/h3-5,14,17H,6-13,15-16H2,1-2H3,(H,23,24). The summed E-state index contributed by atoms with van der Waals surface area (Å²) in [5, 5.41) is 4.37. The van der Waals surface area contributed by atoms with E-state index in [4.69, 9.17) is 21.1 Å². The van der Waals surface area contributed by atoms with Gasteiger partial charge in [-0.1, -0.05) is 23.7 Å². The summed E-state index contributed by atoms with van der Waals surface area (Å²) in [5.74, 6) is 1.71. The Labute approximate surface area is 168 Å². The molecule has 1 aliphatic carbocycles. The number of nitrogens with one attached hydrogen (secondary N) is 1. The highest BCUT2D eigenvalue weighted by Crippen LogP contribution is 2.35. The van der Waals surface area contributed by atoms with Gasteiger partial charge in [-0.25, -0.2) is 0 Å². The van der Waals surface area contributed by atoms with Crippen LogP contribution in [0, 0.1) is 5.92 Å². The quantitative estimate of drug-likeness (QED) is 0.418. The maximum Gasteiger partial charge on any atom is 0.193 e. The second kappa shape index (κ2) is 9.76. The van der Waals surface area contributed by atoms with E-state index in [1.165, 1.54) is 18.4 Å². The Morgan fingerprint density at radius 3 is 2.81 bits per heavy atom. The molecule has 1 aromatic rings. The summed E-state index contributed by atoms with van der Waals surface area (Å²) in [5.41, 5.74) is 1.29. The maximum atomic E-state index is 6.27. The van der Waals surface area contributed by atoms with E-state index in [9.17, 15) is 0 Å². The number of nitrogens with zero attached hydrogens (tertiary/aromatic N) is 2. The Morgan fingerprint density at radius 1 is 1.37 bits per heavy atom. The summed E-state index contributed by atoms with van der Waals surface area (Å²) in [7, 11) is 3.89. The third kappa shape index (κ3) is 5.84. The highest BCUT2D eigenvalue weighted by molar-refractivity contribution is 6.30. The Hall–Kier alpha value is -1.30. The number of likely N-dealkylation sites (N-methyl/N-ethyl adjacent to an activating group) is 1. The minimum atomic E-state index is 0.0163. The normalized spacial score (nSPS) is 19.7. The second-order valence-corrected chi connectivity index (χ2v) is 8.18. The van der Waals surface area contributed by atoms with Crippen molar-refractivity contribution in [2.45, 2.75) is 31.1 Å². The summed E-state index contributed by atoms with van der Waals surface area (Å²) < 4.78 is 11.4. The minimum absolute atomic E-state index is 0.0163. The zero-order chi connectivity index (χ0) is 19.1. The highest BCUT2D eigenvalue weighted by Gasteiger charge is 2.35. The van der Waals surface area contributed by atoms with Crippen LogP contribution in [0.1, 0.15) is 31.2 Å². The molecule has 6 heteroatoms. The number of hydrogen-bond donors (Lipinski definition) is 1. The lowest BCUT2D eigenvalue weighted by molar-refractivity contribution is 0.0511. The lowest BCUT2D eigenvalue weighted by Crippen LogP contribution is -2.49. The number of rotatable bonds is 8. The van der Waals surface area contributed by atoms with Gasteiger partial charge < -0.3 is 19.7 Å². The van der Waals surface area contributed by atoms with Crippen LogP contribution in [0.4, 0.5) is 0 Å². The molecule has 2 aliphatic rings. The van der Waals surface area contributed by atoms with E-state index >= 15 is 0 Å². The van der Waals surface area contributed by atoms with Gasteiger partial charge in [-0.05, 0) is 49.3 Å². The van der Waals surface area contributed by atoms with Gasteiger partial charge in [0.15, 0.2) is 5.96 Å². The Morgan fingerprint density at radius 2 is 2.15 bits per heavy atom. The molecule has 1 N–H and O–H groups in total. The first-order chi connectivity index (χ1) is 13.1. The van der Waals surface area contributed by atoms with E-state index in [-0.39, 0.29) is 5.41 Å². The number of aliphatic imine (C=N–C) groups is 1. The van der Waals surface area contributed by atoms with Crippen molar-refractivity contribution in [3.63, 3.8) is 0 Å². The molecule has 1 saturated carbocycles. The number of halogens is 1. The average Bonchev–Trinajstić information content (AvgIpc) is 3.51. The molecule has 0 aromatic heterocycles. The van der Waals surface area contributed by atoms with E-state index in [0.717, 1.165) is 69.3 Å². The maximum absolute atomic E-state index is 6.27. The van der Waals surface area contributed by atoms with Crippen molar-refractivity contribution in [2.24, 2.45) is 10.9 Å². The zero-order valence-corrected chi connectivity index (χ0v) is 17.3. The van der Waals surface area contributed by atoms with Crippen molar-refractivity contribution in [3.8, 4) is 0 Å². The summed E-state index contributed by atoms with van der Waals surface area (Å²) in [4.78, 5) is 6.60. The van der Waals surface area contributed by atoms with Gasteiger partial charge >= 0.3 is 0 Å². The van der Waals surface area contributed by atoms with Gasteiger partial charge in [0.1, 0.15) is 0 Å². The van der Waals surface area contributed by atoms with Gasteiger partial charge in [-0.2, -0.15) is 0 Å². The molecule has 0 spiro atoms. The lowest BCUT2D eigenvalue weighted by atomic mass is 9.74. The molecule has 0 radical (unpaired) electrons. The molecule has 3 rings (SSSR count). The predicted molar refractivity (Wildman–Crippen MR) is 111 cm³/mol. The zero-order valence-electron chi connectivity index (χ0n) is 16.5. The van der Waals surface area contributed by atoms with Crippen LogP contribution in [0.3, 0.4) is 0 Å². The first-order valence-corrected chi connectivity index (χ1v) is 10.3. The summed E-state index contributed by atoms with van der Waals surface area (Å²) in [6, 6.07) is 8.23. The summed E-state index contributed by atoms with van der Waals surface area (Å²) >= 11 is 6.27. The molecular weight excluding hydrogens is 362 g/mol. The van der Waals surface area contributed by atoms with Gasteiger partial charge in [0, 0.05) is 57.4 Å². The molecule has 27 heavy (non-hydrogen) atoms. The Bertz CT molecular complexity index is 628. The first-order valence-electron chi connectivity index (χ1n) is 9.96. The molecule has 0 unspecified atom stereocenters. The monoisotopic (exact) mass is 393 g/mol. The molecule has 2 fully saturated rings. The number of ether oxygens (including phenoxy) is 2. The van der Waals surface area contributed by atoms with E-state index in [1.54, 1.807) is 0 Å². The van der Waals surface area contributed by atoms with Crippen LogP contribution in [-0.4, -0.2) is 64.5 Å². The molecule has 5 nitrogen and oxygen atoms in total. The lowest BCUT2D eigenvalue weighted by Gasteiger charge is -2.39. The first kappa shape index (κ1) is 20.4. The topological polar surface area (TPSA) is 46.1 Å². The molecule has 0 atom stereocenters. The van der Waals surface area contributed by atoms with Crippen LogP contribution in [-0.2, 0) is 14.9 Å². The van der Waals surface area contributed by atoms with Gasteiger partial charge in [0.25, 0.3) is 0 Å². The van der Waals surface area contributed by atoms with Crippen molar-refractivity contribution >= 4 is 17.6 Å². The van der Waals surface area contributed by atoms with Gasteiger partial charge in [-0.3, -0.25) is 4.99 Å². The highest BCUT2D eigenvalue weighted by atomic mass is 35.5. The molecular formula is C21H32ClN3O2. The van der Waals surface area contributed by atoms with Crippen LogP contribution in [0.25, 0.3) is 0 Å². The van der Waals surface area contributed by atoms with Crippen molar-refractivity contribution in [1.82, 2.24) is 10.2 Å². The molecule has 0 amide bonds. The number of hydrogen-bond acceptors (Lipinski definition) is 3. The van der Waals surface area contributed by atoms with E-state index in [1.807, 2.05) is 19.2 Å². The van der Waals surface area contributed by atoms with Crippen LogP contribution >= 0.6 is 11.6 Å². The second-order valence-electron chi connectivity index (χ2n) is 7.74. The number of benzene rings is 1. The summed E-state index contributed by atoms with van der Waals surface area (Å²) in [6.45, 7) is 4.84. The summed E-state index contributed by atoms with van der Waals surface area (Å²) in [6.07, 6.45) is 4.61. The van der Waals surface area contributed by atoms with Crippen molar-refractivity contribution < 1.29 is 9.47 Å². The average molecular weight is 394 g/mol. The van der Waals surface area contributed by atoms with Crippen LogP contribution in [0.15, 0.2) is 29.3 Å². The third-order valence-corrected chi connectivity index (χ3v) is 5.90. The van der Waals surface area contributed by atoms with E-state index < -0.39 is 0 Å².